The summed E-state index contributed by atoms with van der Waals surface area (Å²) in [6.45, 7) is 3.37. The summed E-state index contributed by atoms with van der Waals surface area (Å²) >= 11 is 1.60. The molecule has 0 radical (unpaired) electrons. The lowest BCUT2D eigenvalue weighted by Gasteiger charge is -2.38. The molecule has 2 aromatic heterocycles. The van der Waals surface area contributed by atoms with Crippen LogP contribution in [0.15, 0.2) is 54.0 Å². The Hall–Kier alpha value is -2.55. The van der Waals surface area contributed by atoms with Crippen molar-refractivity contribution < 1.29 is 9.90 Å². The van der Waals surface area contributed by atoms with E-state index < -0.39 is 5.60 Å². The highest BCUT2D eigenvalue weighted by molar-refractivity contribution is 7.09. The molecule has 1 saturated heterocycles. The maximum absolute atomic E-state index is 12.3. The number of carbonyl (C=O) groups is 1. The number of piperidine rings is 1. The van der Waals surface area contributed by atoms with Gasteiger partial charge in [-0.15, -0.1) is 16.4 Å². The molecule has 4 rings (SSSR count). The highest BCUT2D eigenvalue weighted by Gasteiger charge is 2.33. The summed E-state index contributed by atoms with van der Waals surface area (Å²) in [6.07, 6.45) is 2.94. The van der Waals surface area contributed by atoms with Crippen molar-refractivity contribution in [3.8, 4) is 0 Å². The Bertz CT molecular complexity index is 918. The normalized spacial score (nSPS) is 16.6. The highest BCUT2D eigenvalue weighted by atomic mass is 32.1. The molecule has 1 aliphatic rings. The smallest absolute Gasteiger partial charge is 0.273 e. The van der Waals surface area contributed by atoms with Crippen LogP contribution < -0.4 is 5.32 Å². The first-order valence-corrected chi connectivity index (χ1v) is 10.7. The van der Waals surface area contributed by atoms with E-state index >= 15 is 0 Å². The summed E-state index contributed by atoms with van der Waals surface area (Å²) in [7, 11) is 0. The number of benzene rings is 1. The summed E-state index contributed by atoms with van der Waals surface area (Å²) in [5, 5.41) is 23.8. The third-order valence-corrected chi connectivity index (χ3v) is 6.14. The summed E-state index contributed by atoms with van der Waals surface area (Å²) in [4.78, 5) is 15.7. The van der Waals surface area contributed by atoms with E-state index in [1.807, 2.05) is 23.6 Å². The first-order valence-electron chi connectivity index (χ1n) is 9.79. The van der Waals surface area contributed by atoms with E-state index in [4.69, 9.17) is 0 Å². The summed E-state index contributed by atoms with van der Waals surface area (Å²) in [5.41, 5.74) is 0.727. The zero-order chi connectivity index (χ0) is 20.1. The van der Waals surface area contributed by atoms with Crippen LogP contribution in [0.5, 0.6) is 0 Å². The van der Waals surface area contributed by atoms with E-state index in [1.165, 1.54) is 5.56 Å². The van der Waals surface area contributed by atoms with Crippen LogP contribution in [0, 0.1) is 0 Å². The van der Waals surface area contributed by atoms with Gasteiger partial charge >= 0.3 is 0 Å². The number of rotatable bonds is 7. The molecule has 0 aliphatic carbocycles. The van der Waals surface area contributed by atoms with Gasteiger partial charge in [0, 0.05) is 24.5 Å². The molecule has 8 heteroatoms. The van der Waals surface area contributed by atoms with Gasteiger partial charge in [0.05, 0.1) is 24.9 Å². The number of nitrogens with zero attached hydrogens (tertiary/aromatic N) is 4. The molecule has 0 spiro atoms. The number of carbonyl (C=O) groups excluding carboxylic acids is 1. The number of hydrogen-bond acceptors (Lipinski definition) is 6. The largest absolute Gasteiger partial charge is 0.388 e. The molecular formula is C21H25N5O2S. The molecule has 1 fully saturated rings. The Balaban J connectivity index is 1.27. The molecule has 3 heterocycles. The van der Waals surface area contributed by atoms with Crippen LogP contribution in [0.2, 0.25) is 0 Å². The second kappa shape index (κ2) is 8.86. The minimum Gasteiger partial charge on any atom is -0.388 e. The number of hydrogen-bond donors (Lipinski definition) is 2. The summed E-state index contributed by atoms with van der Waals surface area (Å²) < 4.78 is 1.58. The van der Waals surface area contributed by atoms with Crippen LogP contribution in [0.4, 0.5) is 0 Å². The molecule has 1 aliphatic heterocycles. The lowest BCUT2D eigenvalue weighted by Crippen LogP contribution is -2.46. The summed E-state index contributed by atoms with van der Waals surface area (Å²) in [6, 6.07) is 14.3. The lowest BCUT2D eigenvalue weighted by molar-refractivity contribution is -0.0383. The average molecular weight is 412 g/mol. The SMILES string of the molecule is O=C(NCc1cccs1)c1cn(CC2(O)CCN(Cc3ccccc3)CC2)nn1. The third kappa shape index (κ3) is 5.29. The molecule has 0 bridgehead atoms. The van der Waals surface area contributed by atoms with Gasteiger partial charge in [0.25, 0.3) is 5.91 Å². The van der Waals surface area contributed by atoms with E-state index in [9.17, 15) is 9.90 Å². The van der Waals surface area contributed by atoms with Crippen molar-refractivity contribution in [2.75, 3.05) is 13.1 Å². The van der Waals surface area contributed by atoms with Crippen molar-refractivity contribution in [1.29, 1.82) is 0 Å². The Morgan fingerprint density at radius 3 is 2.69 bits per heavy atom. The second-order valence-corrected chi connectivity index (χ2v) is 8.58. The molecular weight excluding hydrogens is 386 g/mol. The standard InChI is InChI=1S/C21H25N5O2S/c27-20(22-13-18-7-4-12-29-18)19-15-26(24-23-19)16-21(28)8-10-25(11-9-21)14-17-5-2-1-3-6-17/h1-7,12,15,28H,8-11,13-14,16H2,(H,22,27). The number of likely N-dealkylation sites (tertiary alicyclic amines) is 1. The first kappa shape index (κ1) is 19.8. The van der Waals surface area contributed by atoms with Gasteiger partial charge in [0.2, 0.25) is 0 Å². The highest BCUT2D eigenvalue weighted by Crippen LogP contribution is 2.25. The lowest BCUT2D eigenvalue weighted by atomic mass is 9.91. The maximum atomic E-state index is 12.3. The predicted molar refractivity (Wildman–Crippen MR) is 111 cm³/mol. The molecule has 1 amide bonds. The predicted octanol–water partition coefficient (Wildman–Crippen LogP) is 2.30. The Morgan fingerprint density at radius 2 is 1.97 bits per heavy atom. The zero-order valence-electron chi connectivity index (χ0n) is 16.2. The number of aromatic nitrogens is 3. The average Bonchev–Trinajstić information content (AvgIpc) is 3.41. The fourth-order valence-corrected chi connectivity index (χ4v) is 4.22. The van der Waals surface area contributed by atoms with E-state index in [0.717, 1.165) is 24.5 Å². The molecule has 2 N–H and O–H groups in total. The van der Waals surface area contributed by atoms with Crippen LogP contribution in [0.1, 0.15) is 33.8 Å². The Labute approximate surface area is 174 Å². The van der Waals surface area contributed by atoms with Crippen LogP contribution in [0.25, 0.3) is 0 Å². The minimum atomic E-state index is -0.828. The van der Waals surface area contributed by atoms with Gasteiger partial charge < -0.3 is 10.4 Å². The van der Waals surface area contributed by atoms with E-state index in [-0.39, 0.29) is 11.6 Å². The number of aliphatic hydroxyl groups is 1. The fourth-order valence-electron chi connectivity index (χ4n) is 3.58. The fraction of sp³-hybridized carbons (Fsp3) is 0.381. The van der Waals surface area contributed by atoms with Crippen molar-refractivity contribution in [2.45, 2.75) is 38.1 Å². The topological polar surface area (TPSA) is 83.3 Å². The number of nitrogens with one attached hydrogen (secondary N) is 1. The molecule has 152 valence electrons. The molecule has 29 heavy (non-hydrogen) atoms. The van der Waals surface area contributed by atoms with Gasteiger partial charge in [-0.05, 0) is 29.9 Å². The molecule has 0 unspecified atom stereocenters. The Morgan fingerprint density at radius 1 is 1.17 bits per heavy atom. The van der Waals surface area contributed by atoms with Gasteiger partial charge in [-0.1, -0.05) is 41.6 Å². The zero-order valence-corrected chi connectivity index (χ0v) is 17.0. The molecule has 1 aromatic carbocycles. The number of thiophene rings is 1. The quantitative estimate of drug-likeness (QED) is 0.623. The first-order chi connectivity index (χ1) is 14.1. The second-order valence-electron chi connectivity index (χ2n) is 7.55. The van der Waals surface area contributed by atoms with Gasteiger partial charge in [-0.3, -0.25) is 9.69 Å². The van der Waals surface area contributed by atoms with E-state index in [1.54, 1.807) is 22.2 Å². The van der Waals surface area contributed by atoms with Crippen molar-refractivity contribution in [2.24, 2.45) is 0 Å². The van der Waals surface area contributed by atoms with Crippen LogP contribution in [-0.4, -0.2) is 49.6 Å². The Kier molecular flexibility index (Phi) is 6.03. The van der Waals surface area contributed by atoms with Crippen LogP contribution in [0.3, 0.4) is 0 Å². The maximum Gasteiger partial charge on any atom is 0.273 e. The molecule has 7 nitrogen and oxygen atoms in total. The minimum absolute atomic E-state index is 0.255. The monoisotopic (exact) mass is 411 g/mol. The van der Waals surface area contributed by atoms with Gasteiger partial charge in [0.1, 0.15) is 0 Å². The van der Waals surface area contributed by atoms with Crippen LogP contribution >= 0.6 is 11.3 Å². The van der Waals surface area contributed by atoms with Crippen molar-refractivity contribution in [3.63, 3.8) is 0 Å². The van der Waals surface area contributed by atoms with Gasteiger partial charge in [-0.25, -0.2) is 4.68 Å². The molecule has 0 saturated carbocycles. The van der Waals surface area contributed by atoms with Crippen molar-refractivity contribution in [3.05, 3.63) is 70.2 Å². The van der Waals surface area contributed by atoms with Gasteiger partial charge in [0.15, 0.2) is 5.69 Å². The van der Waals surface area contributed by atoms with Gasteiger partial charge in [-0.2, -0.15) is 0 Å². The van der Waals surface area contributed by atoms with Crippen molar-refractivity contribution in [1.82, 2.24) is 25.2 Å². The number of amides is 1. The summed E-state index contributed by atoms with van der Waals surface area (Å²) in [5.74, 6) is -0.255. The molecule has 0 atom stereocenters. The van der Waals surface area contributed by atoms with E-state index in [2.05, 4.69) is 44.8 Å². The third-order valence-electron chi connectivity index (χ3n) is 5.27. The van der Waals surface area contributed by atoms with Crippen LogP contribution in [-0.2, 0) is 19.6 Å². The molecule has 3 aromatic rings. The van der Waals surface area contributed by atoms with Crippen molar-refractivity contribution >= 4 is 17.2 Å². The van der Waals surface area contributed by atoms with E-state index in [0.29, 0.717) is 25.9 Å².